The van der Waals surface area contributed by atoms with Gasteiger partial charge in [0.2, 0.25) is 5.88 Å². The summed E-state index contributed by atoms with van der Waals surface area (Å²) in [5, 5.41) is 0.558. The number of likely N-dealkylation sites (tertiary alicyclic amines) is 1. The quantitative estimate of drug-likeness (QED) is 0.735. The molecule has 0 saturated carbocycles. The molecule has 1 aliphatic rings. The van der Waals surface area contributed by atoms with Crippen LogP contribution in [0.4, 0.5) is 13.2 Å². The molecule has 1 aromatic carbocycles. The number of carbonyl (C=O) groups is 1. The molecular weight excluding hydrogens is 397 g/mol. The van der Waals surface area contributed by atoms with E-state index in [4.69, 9.17) is 21.1 Å². The Bertz CT molecular complexity index is 850. The Morgan fingerprint density at radius 1 is 1.14 bits per heavy atom. The third-order valence-corrected chi connectivity index (χ3v) is 4.39. The molecule has 0 aliphatic carbocycles. The fourth-order valence-electron chi connectivity index (χ4n) is 2.71. The van der Waals surface area contributed by atoms with E-state index in [0.29, 0.717) is 10.8 Å². The Morgan fingerprint density at radius 3 is 2.39 bits per heavy atom. The predicted molar refractivity (Wildman–Crippen MR) is 96.4 cm³/mol. The molecule has 0 unspecified atom stereocenters. The van der Waals surface area contributed by atoms with Crippen molar-refractivity contribution < 1.29 is 27.4 Å². The van der Waals surface area contributed by atoms with Gasteiger partial charge in [-0.05, 0) is 44.2 Å². The number of nitrogens with zero attached hydrogens (tertiary/aromatic N) is 2. The number of halogens is 4. The van der Waals surface area contributed by atoms with Crippen molar-refractivity contribution in [3.8, 4) is 11.6 Å². The molecule has 28 heavy (non-hydrogen) atoms. The molecule has 1 aromatic heterocycles. The van der Waals surface area contributed by atoms with Gasteiger partial charge in [0.05, 0.1) is 13.1 Å². The monoisotopic (exact) mass is 414 g/mol. The second kappa shape index (κ2) is 7.50. The first-order valence-electron chi connectivity index (χ1n) is 8.49. The standard InChI is InChI=1S/C19H18ClF3N2O3/c1-18(2,28-13-8-6-12(20)7-9-13)17(26)25-10-14(11-25)27-16-5-3-4-15(24-16)19(21,22)23/h3-9,14H,10-11H2,1-2H3. The highest BCUT2D eigenvalue weighted by molar-refractivity contribution is 6.30. The maximum absolute atomic E-state index is 12.7. The van der Waals surface area contributed by atoms with Gasteiger partial charge in [0.1, 0.15) is 17.5 Å². The number of amides is 1. The minimum absolute atomic E-state index is 0.122. The molecule has 1 saturated heterocycles. The van der Waals surface area contributed by atoms with Gasteiger partial charge >= 0.3 is 6.18 Å². The average Bonchev–Trinajstić information content (AvgIpc) is 2.58. The topological polar surface area (TPSA) is 51.7 Å². The van der Waals surface area contributed by atoms with Crippen LogP contribution in [-0.2, 0) is 11.0 Å². The second-order valence-electron chi connectivity index (χ2n) is 6.88. The molecule has 5 nitrogen and oxygen atoms in total. The number of hydrogen-bond acceptors (Lipinski definition) is 4. The van der Waals surface area contributed by atoms with E-state index in [-0.39, 0.29) is 24.9 Å². The Labute approximate surface area is 165 Å². The summed E-state index contributed by atoms with van der Waals surface area (Å²) in [5.74, 6) is 0.132. The molecule has 1 aliphatic heterocycles. The number of aromatic nitrogens is 1. The number of ether oxygens (including phenoxy) is 2. The fourth-order valence-corrected chi connectivity index (χ4v) is 2.84. The zero-order chi connectivity index (χ0) is 20.5. The molecule has 1 fully saturated rings. The summed E-state index contributed by atoms with van der Waals surface area (Å²) in [5.41, 5.74) is -2.14. The average molecular weight is 415 g/mol. The molecule has 0 atom stereocenters. The smallest absolute Gasteiger partial charge is 0.433 e. The van der Waals surface area contributed by atoms with E-state index in [1.165, 1.54) is 17.0 Å². The largest absolute Gasteiger partial charge is 0.478 e. The van der Waals surface area contributed by atoms with Crippen LogP contribution >= 0.6 is 11.6 Å². The number of rotatable bonds is 5. The maximum Gasteiger partial charge on any atom is 0.433 e. The third-order valence-electron chi connectivity index (χ3n) is 4.14. The lowest BCUT2D eigenvalue weighted by atomic mass is 10.0. The predicted octanol–water partition coefficient (Wildman–Crippen LogP) is 4.20. The van der Waals surface area contributed by atoms with Gasteiger partial charge in [-0.3, -0.25) is 4.79 Å². The van der Waals surface area contributed by atoms with Crippen LogP contribution in [0.2, 0.25) is 5.02 Å². The van der Waals surface area contributed by atoms with Gasteiger partial charge in [0, 0.05) is 11.1 Å². The number of alkyl halides is 3. The summed E-state index contributed by atoms with van der Waals surface area (Å²) in [4.78, 5) is 17.6. The molecule has 3 rings (SSSR count). The fraction of sp³-hybridized carbons (Fsp3) is 0.368. The Morgan fingerprint density at radius 2 is 1.79 bits per heavy atom. The van der Waals surface area contributed by atoms with Crippen molar-refractivity contribution in [1.29, 1.82) is 0 Å². The second-order valence-corrected chi connectivity index (χ2v) is 7.31. The van der Waals surface area contributed by atoms with Crippen LogP contribution < -0.4 is 9.47 Å². The van der Waals surface area contributed by atoms with E-state index < -0.39 is 23.6 Å². The van der Waals surface area contributed by atoms with E-state index in [9.17, 15) is 18.0 Å². The molecule has 0 N–H and O–H groups in total. The van der Waals surface area contributed by atoms with Crippen LogP contribution in [0.3, 0.4) is 0 Å². The van der Waals surface area contributed by atoms with E-state index in [2.05, 4.69) is 4.98 Å². The van der Waals surface area contributed by atoms with Crippen LogP contribution in [-0.4, -0.2) is 40.6 Å². The summed E-state index contributed by atoms with van der Waals surface area (Å²) >= 11 is 5.83. The highest BCUT2D eigenvalue weighted by atomic mass is 35.5. The molecule has 9 heteroatoms. The molecule has 1 amide bonds. The van der Waals surface area contributed by atoms with Crippen molar-refractivity contribution >= 4 is 17.5 Å². The summed E-state index contributed by atoms with van der Waals surface area (Å²) < 4.78 is 49.3. The number of benzene rings is 1. The first-order chi connectivity index (χ1) is 13.0. The zero-order valence-electron chi connectivity index (χ0n) is 15.2. The molecule has 0 bridgehead atoms. The minimum atomic E-state index is -4.54. The van der Waals surface area contributed by atoms with Gasteiger partial charge in [-0.25, -0.2) is 4.98 Å². The lowest BCUT2D eigenvalue weighted by molar-refractivity contribution is -0.154. The van der Waals surface area contributed by atoms with Crippen LogP contribution in [0.5, 0.6) is 11.6 Å². The van der Waals surface area contributed by atoms with Gasteiger partial charge in [-0.2, -0.15) is 13.2 Å². The summed E-state index contributed by atoms with van der Waals surface area (Å²) in [6.45, 7) is 3.77. The highest BCUT2D eigenvalue weighted by Gasteiger charge is 2.41. The van der Waals surface area contributed by atoms with Gasteiger partial charge in [-0.15, -0.1) is 0 Å². The van der Waals surface area contributed by atoms with Crippen LogP contribution in [0, 0.1) is 0 Å². The van der Waals surface area contributed by atoms with Gasteiger partial charge in [-0.1, -0.05) is 17.7 Å². The normalized spacial score (nSPS) is 15.1. The van der Waals surface area contributed by atoms with Crippen molar-refractivity contribution in [2.24, 2.45) is 0 Å². The Balaban J connectivity index is 1.55. The number of pyridine rings is 1. The molecular formula is C19H18ClF3N2O3. The summed E-state index contributed by atoms with van der Waals surface area (Å²) in [6, 6.07) is 10.1. The number of hydrogen-bond donors (Lipinski definition) is 0. The number of carbonyl (C=O) groups excluding carboxylic acids is 1. The van der Waals surface area contributed by atoms with Crippen LogP contribution in [0.15, 0.2) is 42.5 Å². The van der Waals surface area contributed by atoms with Crippen molar-refractivity contribution in [3.05, 3.63) is 53.2 Å². The minimum Gasteiger partial charge on any atom is -0.478 e. The van der Waals surface area contributed by atoms with Crippen LogP contribution in [0.1, 0.15) is 19.5 Å². The van der Waals surface area contributed by atoms with E-state index >= 15 is 0 Å². The summed E-state index contributed by atoms with van der Waals surface area (Å²) in [6.07, 6.45) is -4.96. The van der Waals surface area contributed by atoms with Crippen molar-refractivity contribution in [2.45, 2.75) is 31.7 Å². The lowest BCUT2D eigenvalue weighted by Crippen LogP contribution is -2.61. The van der Waals surface area contributed by atoms with E-state index in [0.717, 1.165) is 6.07 Å². The summed E-state index contributed by atoms with van der Waals surface area (Å²) in [7, 11) is 0. The van der Waals surface area contributed by atoms with Gasteiger partial charge in [0.25, 0.3) is 5.91 Å². The van der Waals surface area contributed by atoms with E-state index in [1.54, 1.807) is 38.1 Å². The Hall–Kier alpha value is -2.48. The first-order valence-corrected chi connectivity index (χ1v) is 8.87. The van der Waals surface area contributed by atoms with Crippen molar-refractivity contribution in [1.82, 2.24) is 9.88 Å². The molecule has 0 radical (unpaired) electrons. The van der Waals surface area contributed by atoms with E-state index in [1.807, 2.05) is 0 Å². The SMILES string of the molecule is CC(C)(Oc1ccc(Cl)cc1)C(=O)N1CC(Oc2cccc(C(F)(F)F)n2)C1. The first kappa shape index (κ1) is 20.3. The molecule has 2 aromatic rings. The molecule has 0 spiro atoms. The zero-order valence-corrected chi connectivity index (χ0v) is 15.9. The van der Waals surface area contributed by atoms with Gasteiger partial charge < -0.3 is 14.4 Å². The third kappa shape index (κ3) is 4.67. The Kier molecular flexibility index (Phi) is 5.43. The molecule has 2 heterocycles. The van der Waals surface area contributed by atoms with Crippen LogP contribution in [0.25, 0.3) is 0 Å². The maximum atomic E-state index is 12.7. The highest BCUT2D eigenvalue weighted by Crippen LogP contribution is 2.30. The van der Waals surface area contributed by atoms with Crippen molar-refractivity contribution in [3.63, 3.8) is 0 Å². The van der Waals surface area contributed by atoms with Crippen molar-refractivity contribution in [2.75, 3.05) is 13.1 Å². The van der Waals surface area contributed by atoms with Gasteiger partial charge in [0.15, 0.2) is 5.60 Å². The molecule has 150 valence electrons. The lowest BCUT2D eigenvalue weighted by Gasteiger charge is -2.42.